The van der Waals surface area contributed by atoms with Crippen LogP contribution in [0.25, 0.3) is 0 Å². The number of carbonyl (C=O) groups excluding carboxylic acids is 1. The Hall–Kier alpha value is -1.54. The number of nitrogens with two attached hydrogens (primary N) is 1. The molecule has 0 aliphatic rings. The fraction of sp³-hybridized carbons (Fsp3) is 0.364. The first-order valence-corrected chi connectivity index (χ1v) is 7.12. The van der Waals surface area contributed by atoms with Crippen molar-refractivity contribution >= 4 is 15.9 Å². The number of halogens is 2. The van der Waals surface area contributed by atoms with E-state index in [1.54, 1.807) is 0 Å². The summed E-state index contributed by atoms with van der Waals surface area (Å²) in [4.78, 5) is 11.0. The van der Waals surface area contributed by atoms with E-state index in [0.717, 1.165) is 12.5 Å². The number of amides is 1. The van der Waals surface area contributed by atoms with Crippen LogP contribution in [0.3, 0.4) is 0 Å². The van der Waals surface area contributed by atoms with Crippen LogP contribution in [0.1, 0.15) is 30.1 Å². The van der Waals surface area contributed by atoms with Crippen molar-refractivity contribution in [1.29, 1.82) is 0 Å². The minimum atomic E-state index is -4.21. The first-order valence-electron chi connectivity index (χ1n) is 5.57. The zero-order valence-electron chi connectivity index (χ0n) is 10.2. The van der Waals surface area contributed by atoms with Crippen molar-refractivity contribution in [2.45, 2.75) is 24.7 Å². The van der Waals surface area contributed by atoms with Gasteiger partial charge >= 0.3 is 0 Å². The molecule has 0 bridgehead atoms. The van der Waals surface area contributed by atoms with Crippen LogP contribution in [0.15, 0.2) is 17.0 Å². The molecule has 3 N–H and O–H groups in total. The van der Waals surface area contributed by atoms with E-state index in [4.69, 9.17) is 5.14 Å². The van der Waals surface area contributed by atoms with Gasteiger partial charge in [-0.05, 0) is 18.6 Å². The van der Waals surface area contributed by atoms with E-state index < -0.39 is 38.0 Å². The lowest BCUT2D eigenvalue weighted by molar-refractivity contribution is 0.0948. The minimum absolute atomic E-state index is 0.288. The molecule has 0 aromatic heterocycles. The van der Waals surface area contributed by atoms with Crippen molar-refractivity contribution < 1.29 is 22.0 Å². The second-order valence-corrected chi connectivity index (χ2v) is 5.48. The fourth-order valence-electron chi connectivity index (χ4n) is 1.37. The summed E-state index contributed by atoms with van der Waals surface area (Å²) in [6.45, 7) is 2.18. The highest BCUT2D eigenvalue weighted by atomic mass is 32.2. The number of nitrogens with one attached hydrogen (secondary N) is 1. The molecule has 1 aromatic rings. The van der Waals surface area contributed by atoms with E-state index in [1.165, 1.54) is 0 Å². The van der Waals surface area contributed by atoms with Gasteiger partial charge < -0.3 is 5.32 Å². The first kappa shape index (κ1) is 15.5. The smallest absolute Gasteiger partial charge is 0.254 e. The highest BCUT2D eigenvalue weighted by molar-refractivity contribution is 7.89. The van der Waals surface area contributed by atoms with E-state index in [-0.39, 0.29) is 6.54 Å². The molecule has 1 rings (SSSR count). The van der Waals surface area contributed by atoms with E-state index in [2.05, 4.69) is 5.32 Å². The lowest BCUT2D eigenvalue weighted by Gasteiger charge is -2.08. The largest absolute Gasteiger partial charge is 0.352 e. The summed E-state index contributed by atoms with van der Waals surface area (Å²) >= 11 is 0. The Morgan fingerprint density at radius 2 is 2.00 bits per heavy atom. The molecule has 0 heterocycles. The molecule has 19 heavy (non-hydrogen) atoms. The summed E-state index contributed by atoms with van der Waals surface area (Å²) in [6.07, 6.45) is 1.49. The van der Waals surface area contributed by atoms with Crippen molar-refractivity contribution in [1.82, 2.24) is 5.32 Å². The third kappa shape index (κ3) is 3.97. The molecule has 0 aliphatic heterocycles. The normalized spacial score (nSPS) is 11.4. The second kappa shape index (κ2) is 6.07. The Morgan fingerprint density at radius 1 is 1.37 bits per heavy atom. The molecule has 5 nitrogen and oxygen atoms in total. The number of primary sulfonamides is 1. The third-order valence-electron chi connectivity index (χ3n) is 2.39. The van der Waals surface area contributed by atoms with Gasteiger partial charge in [-0.2, -0.15) is 0 Å². The standard InChI is InChI=1S/C11H14F2N2O3S/c1-2-3-4-15-11(16)8-5-7(19(14,17)18)6-9(12)10(8)13/h5-6H,2-4H2,1H3,(H,15,16)(H2,14,17,18). The topological polar surface area (TPSA) is 89.3 Å². The van der Waals surface area contributed by atoms with Crippen LogP contribution in [-0.4, -0.2) is 20.9 Å². The van der Waals surface area contributed by atoms with Crippen LogP contribution in [-0.2, 0) is 10.0 Å². The summed E-state index contributed by atoms with van der Waals surface area (Å²) in [5.41, 5.74) is -0.680. The molecule has 0 saturated carbocycles. The van der Waals surface area contributed by atoms with Gasteiger partial charge in [0.05, 0.1) is 10.5 Å². The van der Waals surface area contributed by atoms with Gasteiger partial charge in [0.1, 0.15) is 0 Å². The maximum atomic E-state index is 13.5. The van der Waals surface area contributed by atoms with Crippen LogP contribution < -0.4 is 10.5 Å². The molecule has 0 fully saturated rings. The molecule has 106 valence electrons. The predicted molar refractivity (Wildman–Crippen MR) is 65.0 cm³/mol. The summed E-state index contributed by atoms with van der Waals surface area (Å²) in [6, 6.07) is 1.16. The van der Waals surface area contributed by atoms with E-state index in [9.17, 15) is 22.0 Å². The lowest BCUT2D eigenvalue weighted by atomic mass is 10.2. The maximum Gasteiger partial charge on any atom is 0.254 e. The van der Waals surface area contributed by atoms with Gasteiger partial charge in [0.25, 0.3) is 5.91 Å². The molecular formula is C11H14F2N2O3S. The number of benzene rings is 1. The van der Waals surface area contributed by atoms with E-state index in [1.807, 2.05) is 6.92 Å². The van der Waals surface area contributed by atoms with Crippen molar-refractivity contribution in [3.8, 4) is 0 Å². The number of rotatable bonds is 5. The minimum Gasteiger partial charge on any atom is -0.352 e. The number of carbonyl (C=O) groups is 1. The van der Waals surface area contributed by atoms with Crippen molar-refractivity contribution in [3.05, 3.63) is 29.3 Å². The molecule has 0 aliphatic carbocycles. The third-order valence-corrected chi connectivity index (χ3v) is 3.28. The first-order chi connectivity index (χ1) is 8.77. The lowest BCUT2D eigenvalue weighted by Crippen LogP contribution is -2.26. The quantitative estimate of drug-likeness (QED) is 0.798. The predicted octanol–water partition coefficient (Wildman–Crippen LogP) is 1.14. The van der Waals surface area contributed by atoms with Crippen LogP contribution in [0, 0.1) is 11.6 Å². The Balaban J connectivity index is 3.13. The van der Waals surface area contributed by atoms with Crippen molar-refractivity contribution in [3.63, 3.8) is 0 Å². The number of unbranched alkanes of at least 4 members (excludes halogenated alkanes) is 1. The summed E-state index contributed by atoms with van der Waals surface area (Å²) in [5, 5.41) is 7.18. The Bertz CT molecular complexity index is 588. The molecule has 0 atom stereocenters. The van der Waals surface area contributed by atoms with E-state index in [0.29, 0.717) is 12.5 Å². The van der Waals surface area contributed by atoms with Gasteiger partial charge in [-0.15, -0.1) is 0 Å². The monoisotopic (exact) mass is 292 g/mol. The SMILES string of the molecule is CCCCNC(=O)c1cc(S(N)(=O)=O)cc(F)c1F. The van der Waals surface area contributed by atoms with Gasteiger partial charge in [0.15, 0.2) is 11.6 Å². The average molecular weight is 292 g/mol. The second-order valence-electron chi connectivity index (χ2n) is 3.92. The van der Waals surface area contributed by atoms with Crippen molar-refractivity contribution in [2.24, 2.45) is 5.14 Å². The molecule has 8 heteroatoms. The average Bonchev–Trinajstić information content (AvgIpc) is 2.31. The Kier molecular flexibility index (Phi) is 4.96. The van der Waals surface area contributed by atoms with Crippen LogP contribution in [0.5, 0.6) is 0 Å². The molecule has 1 amide bonds. The zero-order valence-corrected chi connectivity index (χ0v) is 11.1. The zero-order chi connectivity index (χ0) is 14.6. The van der Waals surface area contributed by atoms with Crippen LogP contribution in [0.4, 0.5) is 8.78 Å². The fourth-order valence-corrected chi connectivity index (χ4v) is 1.92. The van der Waals surface area contributed by atoms with Crippen molar-refractivity contribution in [2.75, 3.05) is 6.54 Å². The summed E-state index contributed by atoms with van der Waals surface area (Å²) in [5.74, 6) is -3.72. The van der Waals surface area contributed by atoms with Crippen LogP contribution >= 0.6 is 0 Å². The highest BCUT2D eigenvalue weighted by Crippen LogP contribution is 2.17. The molecule has 0 unspecified atom stereocenters. The van der Waals surface area contributed by atoms with Gasteiger partial charge in [0.2, 0.25) is 10.0 Å². The van der Waals surface area contributed by atoms with Gasteiger partial charge in [0, 0.05) is 6.54 Å². The highest BCUT2D eigenvalue weighted by Gasteiger charge is 2.20. The van der Waals surface area contributed by atoms with Crippen LogP contribution in [0.2, 0.25) is 0 Å². The van der Waals surface area contributed by atoms with Gasteiger partial charge in [-0.3, -0.25) is 4.79 Å². The Morgan fingerprint density at radius 3 is 2.53 bits per heavy atom. The summed E-state index contributed by atoms with van der Waals surface area (Å²) < 4.78 is 48.9. The number of sulfonamides is 1. The molecule has 0 radical (unpaired) electrons. The number of hydrogen-bond acceptors (Lipinski definition) is 3. The Labute approximate surface area is 109 Å². The molecular weight excluding hydrogens is 278 g/mol. The van der Waals surface area contributed by atoms with E-state index >= 15 is 0 Å². The number of hydrogen-bond donors (Lipinski definition) is 2. The summed E-state index contributed by atoms with van der Waals surface area (Å²) in [7, 11) is -4.21. The molecule has 0 saturated heterocycles. The molecule has 1 aromatic carbocycles. The van der Waals surface area contributed by atoms with Gasteiger partial charge in [-0.1, -0.05) is 13.3 Å². The van der Waals surface area contributed by atoms with Gasteiger partial charge in [-0.25, -0.2) is 22.3 Å². The molecule has 0 spiro atoms. The maximum absolute atomic E-state index is 13.5.